The second kappa shape index (κ2) is 7.55. The van der Waals surface area contributed by atoms with Crippen molar-refractivity contribution in [3.05, 3.63) is 77.2 Å². The van der Waals surface area contributed by atoms with E-state index in [1.165, 1.54) is 0 Å². The number of nitrogens with one attached hydrogen (secondary N) is 1. The van der Waals surface area contributed by atoms with Crippen molar-refractivity contribution in [3.63, 3.8) is 0 Å². The third-order valence-corrected chi connectivity index (χ3v) is 5.15. The van der Waals surface area contributed by atoms with E-state index in [-0.39, 0.29) is 23.9 Å². The molecule has 0 aliphatic heterocycles. The molecule has 8 heteroatoms. The Bertz CT molecular complexity index is 1270. The maximum atomic E-state index is 12.9. The Morgan fingerprint density at radius 3 is 2.77 bits per heavy atom. The highest BCUT2D eigenvalue weighted by molar-refractivity contribution is 5.92. The Morgan fingerprint density at radius 1 is 1.10 bits per heavy atom. The number of carbonyl (C=O) groups is 1. The molecule has 0 radical (unpaired) electrons. The van der Waals surface area contributed by atoms with Crippen molar-refractivity contribution in [2.45, 2.75) is 31.7 Å². The maximum Gasteiger partial charge on any atom is 0.261 e. The molecule has 3 heterocycles. The second-order valence-electron chi connectivity index (χ2n) is 7.32. The quantitative estimate of drug-likeness (QED) is 0.537. The van der Waals surface area contributed by atoms with Crippen LogP contribution in [0.4, 0.5) is 5.69 Å². The van der Waals surface area contributed by atoms with Gasteiger partial charge in [0.25, 0.3) is 5.56 Å². The molecule has 150 valence electrons. The van der Waals surface area contributed by atoms with E-state index in [1.54, 1.807) is 52.1 Å². The first-order chi connectivity index (χ1) is 14.7. The molecule has 1 aromatic carbocycles. The average molecular weight is 400 g/mol. The second-order valence-corrected chi connectivity index (χ2v) is 7.32. The first kappa shape index (κ1) is 18.2. The van der Waals surface area contributed by atoms with E-state index in [9.17, 15) is 9.59 Å². The van der Waals surface area contributed by atoms with Gasteiger partial charge in [0, 0.05) is 37.5 Å². The Morgan fingerprint density at radius 2 is 1.97 bits per heavy atom. The Labute approximate surface area is 172 Å². The van der Waals surface area contributed by atoms with Gasteiger partial charge in [-0.1, -0.05) is 12.1 Å². The van der Waals surface area contributed by atoms with Crippen molar-refractivity contribution in [1.82, 2.24) is 24.3 Å². The van der Waals surface area contributed by atoms with Crippen LogP contribution in [0, 0.1) is 0 Å². The van der Waals surface area contributed by atoms with Crippen molar-refractivity contribution in [1.29, 1.82) is 0 Å². The lowest BCUT2D eigenvalue weighted by molar-refractivity contribution is -0.116. The Hall–Kier alpha value is -3.81. The largest absolute Gasteiger partial charge is 0.323 e. The van der Waals surface area contributed by atoms with E-state index in [1.807, 2.05) is 18.2 Å². The molecule has 4 aromatic rings. The molecule has 1 aliphatic rings. The van der Waals surface area contributed by atoms with E-state index in [2.05, 4.69) is 15.4 Å². The standard InChI is InChI=1S/C22H20N6O2/c29-20(26-18-7-3-12-23-21(18)27-14-4-13-24-27)11-10-19-25-17-6-2-1-5-16(17)22(30)28(19)15-8-9-15/h1-7,12-15H,8-11H2,(H,26,29). The van der Waals surface area contributed by atoms with Crippen molar-refractivity contribution in [2.24, 2.45) is 0 Å². The number of hydrogen-bond donors (Lipinski definition) is 1. The SMILES string of the molecule is O=C(CCc1nc2ccccc2c(=O)n1C1CC1)Nc1cccnc1-n1cccn1. The van der Waals surface area contributed by atoms with Crippen molar-refractivity contribution < 1.29 is 4.79 Å². The monoisotopic (exact) mass is 400 g/mol. The van der Waals surface area contributed by atoms with Gasteiger partial charge in [-0.15, -0.1) is 0 Å². The predicted octanol–water partition coefficient (Wildman–Crippen LogP) is 2.88. The van der Waals surface area contributed by atoms with Crippen LogP contribution < -0.4 is 10.9 Å². The summed E-state index contributed by atoms with van der Waals surface area (Å²) in [6.45, 7) is 0. The maximum absolute atomic E-state index is 12.9. The number of aryl methyl sites for hydroxylation is 1. The molecule has 0 unspecified atom stereocenters. The number of anilines is 1. The van der Waals surface area contributed by atoms with Crippen LogP contribution in [0.5, 0.6) is 0 Å². The highest BCUT2D eigenvalue weighted by atomic mass is 16.1. The van der Waals surface area contributed by atoms with E-state index in [0.717, 1.165) is 12.8 Å². The summed E-state index contributed by atoms with van der Waals surface area (Å²) in [4.78, 5) is 34.6. The highest BCUT2D eigenvalue weighted by Crippen LogP contribution is 2.35. The fourth-order valence-corrected chi connectivity index (χ4v) is 3.59. The van der Waals surface area contributed by atoms with E-state index in [0.29, 0.717) is 34.7 Å². The van der Waals surface area contributed by atoms with Crippen LogP contribution in [0.3, 0.4) is 0 Å². The molecule has 3 aromatic heterocycles. The summed E-state index contributed by atoms with van der Waals surface area (Å²) in [6, 6.07) is 12.9. The van der Waals surface area contributed by atoms with Crippen LogP contribution in [-0.4, -0.2) is 30.2 Å². The summed E-state index contributed by atoms with van der Waals surface area (Å²) >= 11 is 0. The number of carbonyl (C=O) groups excluding carboxylic acids is 1. The molecule has 0 bridgehead atoms. The van der Waals surface area contributed by atoms with Gasteiger partial charge < -0.3 is 5.32 Å². The van der Waals surface area contributed by atoms with Gasteiger partial charge in [0.2, 0.25) is 5.91 Å². The van der Waals surface area contributed by atoms with E-state index in [4.69, 9.17) is 4.98 Å². The van der Waals surface area contributed by atoms with E-state index >= 15 is 0 Å². The van der Waals surface area contributed by atoms with Crippen LogP contribution in [0.1, 0.15) is 31.1 Å². The summed E-state index contributed by atoms with van der Waals surface area (Å²) in [5, 5.41) is 7.71. The Kier molecular flexibility index (Phi) is 4.59. The summed E-state index contributed by atoms with van der Waals surface area (Å²) in [5.74, 6) is 1.05. The van der Waals surface area contributed by atoms with Crippen molar-refractivity contribution in [3.8, 4) is 5.82 Å². The highest BCUT2D eigenvalue weighted by Gasteiger charge is 2.28. The summed E-state index contributed by atoms with van der Waals surface area (Å²) < 4.78 is 3.38. The van der Waals surface area contributed by atoms with Gasteiger partial charge in [0.15, 0.2) is 5.82 Å². The molecule has 1 fully saturated rings. The molecule has 8 nitrogen and oxygen atoms in total. The zero-order chi connectivity index (χ0) is 20.5. The number of rotatable bonds is 6. The zero-order valence-electron chi connectivity index (χ0n) is 16.2. The van der Waals surface area contributed by atoms with Gasteiger partial charge in [-0.25, -0.2) is 14.6 Å². The lowest BCUT2D eigenvalue weighted by Crippen LogP contribution is -2.25. The molecule has 0 saturated heterocycles. The van der Waals surface area contributed by atoms with Gasteiger partial charge in [-0.05, 0) is 43.2 Å². The summed E-state index contributed by atoms with van der Waals surface area (Å²) in [7, 11) is 0. The molecular weight excluding hydrogens is 380 g/mol. The number of amides is 1. The van der Waals surface area contributed by atoms with Gasteiger partial charge in [0.1, 0.15) is 5.82 Å². The fourth-order valence-electron chi connectivity index (χ4n) is 3.59. The lowest BCUT2D eigenvalue weighted by atomic mass is 10.2. The number of aromatic nitrogens is 5. The molecule has 1 aliphatic carbocycles. The molecular formula is C22H20N6O2. The van der Waals surface area contributed by atoms with Gasteiger partial charge in [-0.3, -0.25) is 14.2 Å². The number of fused-ring (bicyclic) bond motifs is 1. The van der Waals surface area contributed by atoms with Gasteiger partial charge in [0.05, 0.1) is 16.6 Å². The van der Waals surface area contributed by atoms with Crippen LogP contribution in [0.15, 0.2) is 65.8 Å². The topological polar surface area (TPSA) is 94.7 Å². The average Bonchev–Trinajstić information content (AvgIpc) is 3.45. The van der Waals surface area contributed by atoms with Crippen LogP contribution in [0.2, 0.25) is 0 Å². The zero-order valence-corrected chi connectivity index (χ0v) is 16.2. The third-order valence-electron chi connectivity index (χ3n) is 5.15. The van der Waals surface area contributed by atoms with Crippen LogP contribution in [-0.2, 0) is 11.2 Å². The summed E-state index contributed by atoms with van der Waals surface area (Å²) in [6.07, 6.45) is 7.63. The molecule has 0 spiro atoms. The van der Waals surface area contributed by atoms with Gasteiger partial charge in [-0.2, -0.15) is 5.10 Å². The Balaban J connectivity index is 1.37. The van der Waals surface area contributed by atoms with Crippen molar-refractivity contribution in [2.75, 3.05) is 5.32 Å². The molecule has 1 saturated carbocycles. The third kappa shape index (κ3) is 3.47. The summed E-state index contributed by atoms with van der Waals surface area (Å²) in [5.41, 5.74) is 1.23. The molecule has 5 rings (SSSR count). The number of hydrogen-bond acceptors (Lipinski definition) is 5. The molecule has 30 heavy (non-hydrogen) atoms. The molecule has 1 N–H and O–H groups in total. The van der Waals surface area contributed by atoms with Crippen LogP contribution in [0.25, 0.3) is 16.7 Å². The number of nitrogens with zero attached hydrogens (tertiary/aromatic N) is 5. The van der Waals surface area contributed by atoms with Crippen LogP contribution >= 0.6 is 0 Å². The van der Waals surface area contributed by atoms with E-state index < -0.39 is 0 Å². The first-order valence-corrected chi connectivity index (χ1v) is 9.96. The minimum absolute atomic E-state index is 0.0215. The normalized spacial score (nSPS) is 13.5. The fraction of sp³-hybridized carbons (Fsp3) is 0.227. The number of benzene rings is 1. The lowest BCUT2D eigenvalue weighted by Gasteiger charge is -2.13. The first-order valence-electron chi connectivity index (χ1n) is 9.96. The molecule has 1 amide bonds. The number of pyridine rings is 1. The minimum Gasteiger partial charge on any atom is -0.323 e. The van der Waals surface area contributed by atoms with Gasteiger partial charge >= 0.3 is 0 Å². The number of para-hydroxylation sites is 1. The minimum atomic E-state index is -0.166. The molecule has 0 atom stereocenters. The smallest absolute Gasteiger partial charge is 0.261 e. The van der Waals surface area contributed by atoms with Crippen molar-refractivity contribution >= 4 is 22.5 Å². The predicted molar refractivity (Wildman–Crippen MR) is 113 cm³/mol.